The van der Waals surface area contributed by atoms with Crippen LogP contribution in [0.2, 0.25) is 0 Å². The number of fused-ring (bicyclic) bond motifs is 1. The smallest absolute Gasteiger partial charge is 0.325 e. The molecule has 3 unspecified atom stereocenters. The Morgan fingerprint density at radius 3 is 2.64 bits per heavy atom. The minimum atomic E-state index is -0.984. The van der Waals surface area contributed by atoms with Gasteiger partial charge in [0.1, 0.15) is 11.3 Å². The van der Waals surface area contributed by atoms with E-state index >= 15 is 0 Å². The molecule has 190 valence electrons. The Hall–Kier alpha value is -3.69. The summed E-state index contributed by atoms with van der Waals surface area (Å²) in [6, 6.07) is 7.32. The van der Waals surface area contributed by atoms with E-state index in [0.29, 0.717) is 37.6 Å². The number of rotatable bonds is 7. The first-order chi connectivity index (χ1) is 17.4. The predicted molar refractivity (Wildman–Crippen MR) is 134 cm³/mol. The summed E-state index contributed by atoms with van der Waals surface area (Å²) in [5.41, 5.74) is 1.01. The third-order valence-electron chi connectivity index (χ3n) is 7.75. The number of urea groups is 1. The quantitative estimate of drug-likeness (QED) is 0.357. The van der Waals surface area contributed by atoms with Crippen LogP contribution in [-0.4, -0.2) is 71.0 Å². The number of aromatic nitrogens is 2. The van der Waals surface area contributed by atoms with Gasteiger partial charge in [0.05, 0.1) is 12.5 Å². The van der Waals surface area contributed by atoms with Gasteiger partial charge in [-0.3, -0.25) is 14.5 Å². The van der Waals surface area contributed by atoms with Crippen LogP contribution >= 0.6 is 0 Å². The van der Waals surface area contributed by atoms with Gasteiger partial charge < -0.3 is 19.9 Å². The monoisotopic (exact) mass is 492 g/mol. The number of benzene rings is 1. The lowest BCUT2D eigenvalue weighted by molar-refractivity contribution is -0.142. The summed E-state index contributed by atoms with van der Waals surface area (Å²) in [6.07, 6.45) is 4.14. The predicted octanol–water partition coefficient (Wildman–Crippen LogP) is 2.55. The Balaban J connectivity index is 1.26. The van der Waals surface area contributed by atoms with E-state index in [2.05, 4.69) is 40.1 Å². The van der Waals surface area contributed by atoms with E-state index in [4.69, 9.17) is 4.74 Å². The molecule has 0 aliphatic carbocycles. The van der Waals surface area contributed by atoms with Crippen molar-refractivity contribution in [2.45, 2.75) is 45.1 Å². The largest absolute Gasteiger partial charge is 0.426 e. The van der Waals surface area contributed by atoms with Crippen LogP contribution in [0.4, 0.5) is 16.4 Å². The van der Waals surface area contributed by atoms with Crippen molar-refractivity contribution in [1.82, 2.24) is 20.2 Å². The summed E-state index contributed by atoms with van der Waals surface area (Å²) in [6.45, 7) is 8.97. The summed E-state index contributed by atoms with van der Waals surface area (Å²) >= 11 is 0. The lowest BCUT2D eigenvalue weighted by Crippen LogP contribution is -2.49. The number of esters is 1. The minimum Gasteiger partial charge on any atom is -0.426 e. The van der Waals surface area contributed by atoms with Crippen molar-refractivity contribution in [2.75, 3.05) is 42.5 Å². The maximum Gasteiger partial charge on any atom is 0.325 e. The molecule has 1 N–H and O–H groups in total. The molecule has 10 heteroatoms. The summed E-state index contributed by atoms with van der Waals surface area (Å²) in [5.74, 6) is 0.0344. The fourth-order valence-electron chi connectivity index (χ4n) is 5.60. The van der Waals surface area contributed by atoms with E-state index in [-0.39, 0.29) is 24.3 Å². The molecule has 0 radical (unpaired) electrons. The van der Waals surface area contributed by atoms with E-state index in [0.717, 1.165) is 24.3 Å². The van der Waals surface area contributed by atoms with Gasteiger partial charge in [-0.25, -0.2) is 14.8 Å². The van der Waals surface area contributed by atoms with Gasteiger partial charge in [0, 0.05) is 50.3 Å². The maximum atomic E-state index is 13.4. The molecular formula is C26H32N6O4. The maximum absolute atomic E-state index is 13.4. The second-order valence-electron chi connectivity index (χ2n) is 9.69. The molecular weight excluding hydrogens is 460 g/mol. The van der Waals surface area contributed by atoms with Crippen molar-refractivity contribution in [3.05, 3.63) is 42.2 Å². The number of imide groups is 1. The van der Waals surface area contributed by atoms with Gasteiger partial charge in [-0.15, -0.1) is 0 Å². The number of hydrogen-bond donors (Lipinski definition) is 1. The molecule has 2 fully saturated rings. The molecule has 3 amide bonds. The van der Waals surface area contributed by atoms with E-state index in [1.165, 1.54) is 4.90 Å². The van der Waals surface area contributed by atoms with Gasteiger partial charge in [0.2, 0.25) is 5.95 Å². The summed E-state index contributed by atoms with van der Waals surface area (Å²) in [4.78, 5) is 53.0. The molecule has 3 aliphatic rings. The first kappa shape index (κ1) is 24.0. The number of nitrogens with one attached hydrogen (secondary N) is 1. The molecule has 1 aromatic carbocycles. The number of carbonyl (C=O) groups is 3. The number of ether oxygens (including phenoxy) is 1. The zero-order valence-corrected chi connectivity index (χ0v) is 20.9. The van der Waals surface area contributed by atoms with Gasteiger partial charge >= 0.3 is 12.0 Å². The first-order valence-corrected chi connectivity index (χ1v) is 12.6. The Labute approximate surface area is 210 Å². The number of hydrogen-bond acceptors (Lipinski definition) is 8. The molecule has 5 rings (SSSR count). The van der Waals surface area contributed by atoms with Crippen LogP contribution in [0.15, 0.2) is 36.7 Å². The molecule has 2 saturated heterocycles. The van der Waals surface area contributed by atoms with E-state index < -0.39 is 17.5 Å². The van der Waals surface area contributed by atoms with E-state index in [9.17, 15) is 14.4 Å². The normalized spacial score (nSPS) is 25.2. The van der Waals surface area contributed by atoms with Gasteiger partial charge in [0.25, 0.3) is 5.91 Å². The fourth-order valence-corrected chi connectivity index (χ4v) is 5.60. The Kier molecular flexibility index (Phi) is 6.27. The topological polar surface area (TPSA) is 108 Å². The van der Waals surface area contributed by atoms with Crippen molar-refractivity contribution in [3.63, 3.8) is 0 Å². The standard InChI is InChI=1S/C26H32N6O4/c1-4-30(5-2)18-7-8-19-17(3)20(22(33)36-21(19)15-18)9-13-32-23(34)26(29-25(32)35)10-14-31(16-26)24-27-11-6-12-28-24/h6-8,11-12,15,17,20H,4-5,9-10,13-14,16H2,1-3H3,(H,29,35). The summed E-state index contributed by atoms with van der Waals surface area (Å²) in [5, 5.41) is 2.90. The Morgan fingerprint density at radius 1 is 1.17 bits per heavy atom. The van der Waals surface area contributed by atoms with Gasteiger partial charge in [-0.2, -0.15) is 0 Å². The fraction of sp³-hybridized carbons (Fsp3) is 0.500. The average molecular weight is 493 g/mol. The Morgan fingerprint density at radius 2 is 1.92 bits per heavy atom. The van der Waals surface area contributed by atoms with Crippen LogP contribution in [0, 0.1) is 5.92 Å². The molecule has 1 aromatic heterocycles. The second kappa shape index (κ2) is 9.40. The average Bonchev–Trinajstić information content (AvgIpc) is 3.41. The third kappa shape index (κ3) is 4.04. The van der Waals surface area contributed by atoms with Crippen LogP contribution in [0.5, 0.6) is 5.75 Å². The van der Waals surface area contributed by atoms with Crippen LogP contribution in [0.1, 0.15) is 45.1 Å². The molecule has 36 heavy (non-hydrogen) atoms. The lowest BCUT2D eigenvalue weighted by atomic mass is 9.82. The van der Waals surface area contributed by atoms with Gasteiger partial charge in [-0.1, -0.05) is 13.0 Å². The molecule has 3 aliphatic heterocycles. The van der Waals surface area contributed by atoms with Crippen LogP contribution in [-0.2, 0) is 9.59 Å². The SMILES string of the molecule is CCN(CC)c1ccc2c(c1)OC(=O)C(CCN1C(=O)NC3(CCN(c4ncccn4)C3)C1=O)C2C. The highest BCUT2D eigenvalue weighted by molar-refractivity contribution is 6.07. The molecule has 1 spiro atoms. The van der Waals surface area contributed by atoms with E-state index in [1.54, 1.807) is 18.5 Å². The van der Waals surface area contributed by atoms with Crippen molar-refractivity contribution in [1.29, 1.82) is 0 Å². The highest BCUT2D eigenvalue weighted by atomic mass is 16.5. The summed E-state index contributed by atoms with van der Waals surface area (Å²) in [7, 11) is 0. The zero-order chi connectivity index (χ0) is 25.4. The number of nitrogens with zero attached hydrogens (tertiary/aromatic N) is 5. The molecule has 2 aromatic rings. The highest BCUT2D eigenvalue weighted by Gasteiger charge is 2.55. The van der Waals surface area contributed by atoms with Crippen molar-refractivity contribution >= 4 is 29.5 Å². The number of carbonyl (C=O) groups excluding carboxylic acids is 3. The molecule has 0 saturated carbocycles. The van der Waals surface area contributed by atoms with Crippen LogP contribution < -0.4 is 19.9 Å². The molecule has 4 heterocycles. The number of amides is 3. The van der Waals surface area contributed by atoms with Gasteiger partial charge in [-0.05, 0) is 50.3 Å². The van der Waals surface area contributed by atoms with Crippen molar-refractivity contribution in [2.24, 2.45) is 5.92 Å². The second-order valence-corrected chi connectivity index (χ2v) is 9.69. The number of anilines is 2. The molecule has 3 atom stereocenters. The Bertz CT molecular complexity index is 1170. The lowest BCUT2D eigenvalue weighted by Gasteiger charge is -2.31. The first-order valence-electron chi connectivity index (χ1n) is 12.6. The zero-order valence-electron chi connectivity index (χ0n) is 20.9. The molecule has 10 nitrogen and oxygen atoms in total. The minimum absolute atomic E-state index is 0.0843. The van der Waals surface area contributed by atoms with E-state index in [1.807, 2.05) is 24.0 Å². The van der Waals surface area contributed by atoms with Crippen LogP contribution in [0.25, 0.3) is 0 Å². The molecule has 0 bridgehead atoms. The van der Waals surface area contributed by atoms with Crippen LogP contribution in [0.3, 0.4) is 0 Å². The van der Waals surface area contributed by atoms with Crippen molar-refractivity contribution in [3.8, 4) is 5.75 Å². The highest BCUT2D eigenvalue weighted by Crippen LogP contribution is 2.41. The third-order valence-corrected chi connectivity index (χ3v) is 7.75. The summed E-state index contributed by atoms with van der Waals surface area (Å²) < 4.78 is 5.73. The van der Waals surface area contributed by atoms with Crippen molar-refractivity contribution < 1.29 is 19.1 Å². The van der Waals surface area contributed by atoms with Gasteiger partial charge in [0.15, 0.2) is 0 Å².